The van der Waals surface area contributed by atoms with Gasteiger partial charge in [0.1, 0.15) is 5.52 Å². The number of fused-ring (bicyclic) bond motifs is 1. The first-order chi connectivity index (χ1) is 9.81. The molecule has 1 aromatic heterocycles. The fraction of sp³-hybridized carbons (Fsp3) is 0.538. The minimum atomic E-state index is 0.675. The normalized spacial score (nSPS) is 16.5. The van der Waals surface area contributed by atoms with E-state index in [-0.39, 0.29) is 0 Å². The summed E-state index contributed by atoms with van der Waals surface area (Å²) in [6, 6.07) is 3.78. The molecule has 0 atom stereocenters. The van der Waals surface area contributed by atoms with Crippen molar-refractivity contribution >= 4 is 11.0 Å². The fourth-order valence-electron chi connectivity index (χ4n) is 2.44. The molecule has 1 aliphatic rings. The van der Waals surface area contributed by atoms with E-state index in [1.165, 1.54) is 0 Å². The summed E-state index contributed by atoms with van der Waals surface area (Å²) in [6.07, 6.45) is 0. The Morgan fingerprint density at radius 1 is 1.15 bits per heavy atom. The van der Waals surface area contributed by atoms with E-state index in [4.69, 9.17) is 9.47 Å². The molecular weight excluding hydrogens is 258 g/mol. The predicted molar refractivity (Wildman–Crippen MR) is 75.1 cm³/mol. The van der Waals surface area contributed by atoms with E-state index in [1.807, 2.05) is 16.8 Å². The summed E-state index contributed by atoms with van der Waals surface area (Å²) in [6.45, 7) is 4.82. The summed E-state index contributed by atoms with van der Waals surface area (Å²) in [5.74, 6) is 1.37. The molecular formula is C13H19N5O2. The number of benzene rings is 1. The average Bonchev–Trinajstić information content (AvgIpc) is 2.89. The quantitative estimate of drug-likeness (QED) is 0.868. The van der Waals surface area contributed by atoms with Crippen LogP contribution in [0.4, 0.5) is 0 Å². The summed E-state index contributed by atoms with van der Waals surface area (Å²) in [5, 5.41) is 11.8. The lowest BCUT2D eigenvalue weighted by Gasteiger charge is -2.26. The lowest BCUT2D eigenvalue weighted by molar-refractivity contribution is 0.185. The van der Waals surface area contributed by atoms with Crippen LogP contribution in [0.15, 0.2) is 12.1 Å². The van der Waals surface area contributed by atoms with E-state index in [0.29, 0.717) is 11.5 Å². The zero-order valence-corrected chi connectivity index (χ0v) is 11.8. The number of hydrogen-bond acceptors (Lipinski definition) is 6. The standard InChI is InChI=1S/C13H19N5O2/c1-19-12-7-10-11(8-13(12)20-2)18(16-15-10)9-17-5-3-14-4-6-17/h7-8,14H,3-6,9H2,1-2H3. The summed E-state index contributed by atoms with van der Waals surface area (Å²) in [5.41, 5.74) is 1.78. The summed E-state index contributed by atoms with van der Waals surface area (Å²) >= 11 is 0. The SMILES string of the molecule is COc1cc2nnn(CN3CCNCC3)c2cc1OC. The third-order valence-corrected chi connectivity index (χ3v) is 3.56. The molecule has 1 N–H and O–H groups in total. The molecule has 0 radical (unpaired) electrons. The Labute approximate surface area is 117 Å². The Balaban J connectivity index is 1.91. The van der Waals surface area contributed by atoms with E-state index in [1.54, 1.807) is 14.2 Å². The van der Waals surface area contributed by atoms with Crippen molar-refractivity contribution in [2.75, 3.05) is 40.4 Å². The third kappa shape index (κ3) is 2.41. The van der Waals surface area contributed by atoms with Crippen molar-refractivity contribution in [1.29, 1.82) is 0 Å². The minimum absolute atomic E-state index is 0.675. The summed E-state index contributed by atoms with van der Waals surface area (Å²) < 4.78 is 12.5. The monoisotopic (exact) mass is 277 g/mol. The lowest BCUT2D eigenvalue weighted by Crippen LogP contribution is -2.44. The van der Waals surface area contributed by atoms with Gasteiger partial charge in [-0.1, -0.05) is 5.21 Å². The molecule has 7 nitrogen and oxygen atoms in total. The number of methoxy groups -OCH3 is 2. The smallest absolute Gasteiger partial charge is 0.163 e. The van der Waals surface area contributed by atoms with Gasteiger partial charge in [0, 0.05) is 38.3 Å². The Bertz CT molecular complexity index is 592. The fourth-order valence-corrected chi connectivity index (χ4v) is 2.44. The molecule has 20 heavy (non-hydrogen) atoms. The first-order valence-electron chi connectivity index (χ1n) is 6.70. The Morgan fingerprint density at radius 3 is 2.55 bits per heavy atom. The molecule has 2 heterocycles. The first kappa shape index (κ1) is 13.1. The molecule has 0 saturated carbocycles. The maximum absolute atomic E-state index is 5.34. The second-order valence-electron chi connectivity index (χ2n) is 4.79. The van der Waals surface area contributed by atoms with Gasteiger partial charge in [0.15, 0.2) is 11.5 Å². The first-order valence-corrected chi connectivity index (χ1v) is 6.70. The predicted octanol–water partition coefficient (Wildman–Crippen LogP) is 0.311. The molecule has 0 spiro atoms. The van der Waals surface area contributed by atoms with E-state index >= 15 is 0 Å². The number of rotatable bonds is 4. The second kappa shape index (κ2) is 5.64. The molecule has 1 fully saturated rings. The van der Waals surface area contributed by atoms with Crippen LogP contribution in [-0.4, -0.2) is 60.3 Å². The van der Waals surface area contributed by atoms with Crippen LogP contribution in [-0.2, 0) is 6.67 Å². The highest BCUT2D eigenvalue weighted by Gasteiger charge is 2.15. The zero-order valence-electron chi connectivity index (χ0n) is 11.8. The third-order valence-electron chi connectivity index (χ3n) is 3.56. The average molecular weight is 277 g/mol. The Kier molecular flexibility index (Phi) is 3.70. The van der Waals surface area contributed by atoms with Crippen molar-refractivity contribution < 1.29 is 9.47 Å². The van der Waals surface area contributed by atoms with Gasteiger partial charge in [-0.25, -0.2) is 4.68 Å². The highest BCUT2D eigenvalue weighted by Crippen LogP contribution is 2.31. The van der Waals surface area contributed by atoms with Crippen LogP contribution in [0, 0.1) is 0 Å². The van der Waals surface area contributed by atoms with E-state index in [0.717, 1.165) is 43.9 Å². The molecule has 108 valence electrons. The molecule has 1 saturated heterocycles. The van der Waals surface area contributed by atoms with Gasteiger partial charge in [0.25, 0.3) is 0 Å². The highest BCUT2D eigenvalue weighted by molar-refractivity contribution is 5.79. The topological polar surface area (TPSA) is 64.4 Å². The van der Waals surface area contributed by atoms with Gasteiger partial charge < -0.3 is 14.8 Å². The lowest BCUT2D eigenvalue weighted by atomic mass is 10.2. The molecule has 1 aliphatic heterocycles. The van der Waals surface area contributed by atoms with Crippen LogP contribution in [0.2, 0.25) is 0 Å². The Morgan fingerprint density at radius 2 is 1.85 bits per heavy atom. The van der Waals surface area contributed by atoms with Crippen LogP contribution in [0.3, 0.4) is 0 Å². The van der Waals surface area contributed by atoms with Gasteiger partial charge in [-0.2, -0.15) is 0 Å². The van der Waals surface area contributed by atoms with Gasteiger partial charge in [0.2, 0.25) is 0 Å². The zero-order chi connectivity index (χ0) is 13.9. The molecule has 1 aromatic carbocycles. The molecule has 0 aliphatic carbocycles. The maximum atomic E-state index is 5.34. The van der Waals surface area contributed by atoms with Crippen molar-refractivity contribution in [3.63, 3.8) is 0 Å². The van der Waals surface area contributed by atoms with Crippen LogP contribution in [0.1, 0.15) is 0 Å². The Hall–Kier alpha value is -1.86. The number of aromatic nitrogens is 3. The van der Waals surface area contributed by atoms with Gasteiger partial charge in [0.05, 0.1) is 26.4 Å². The van der Waals surface area contributed by atoms with Gasteiger partial charge >= 0.3 is 0 Å². The number of nitrogens with one attached hydrogen (secondary N) is 1. The second-order valence-corrected chi connectivity index (χ2v) is 4.79. The number of ether oxygens (including phenoxy) is 2. The van der Waals surface area contributed by atoms with E-state index < -0.39 is 0 Å². The van der Waals surface area contributed by atoms with Crippen LogP contribution in [0.25, 0.3) is 11.0 Å². The van der Waals surface area contributed by atoms with Crippen LogP contribution >= 0.6 is 0 Å². The van der Waals surface area contributed by atoms with Crippen molar-refractivity contribution in [2.24, 2.45) is 0 Å². The maximum Gasteiger partial charge on any atom is 0.163 e. The van der Waals surface area contributed by atoms with Crippen LogP contribution in [0.5, 0.6) is 11.5 Å². The molecule has 0 bridgehead atoms. The molecule has 3 rings (SSSR count). The molecule has 7 heteroatoms. The van der Waals surface area contributed by atoms with Crippen molar-refractivity contribution in [2.45, 2.75) is 6.67 Å². The van der Waals surface area contributed by atoms with E-state index in [2.05, 4.69) is 20.5 Å². The van der Waals surface area contributed by atoms with Crippen LogP contribution < -0.4 is 14.8 Å². The molecule has 2 aromatic rings. The largest absolute Gasteiger partial charge is 0.493 e. The van der Waals surface area contributed by atoms with Gasteiger partial charge in [-0.15, -0.1) is 5.10 Å². The van der Waals surface area contributed by atoms with Crippen molar-refractivity contribution in [3.8, 4) is 11.5 Å². The number of nitrogens with zero attached hydrogens (tertiary/aromatic N) is 4. The molecule has 0 unspecified atom stereocenters. The summed E-state index contributed by atoms with van der Waals surface area (Å²) in [4.78, 5) is 2.35. The van der Waals surface area contributed by atoms with Crippen molar-refractivity contribution in [3.05, 3.63) is 12.1 Å². The van der Waals surface area contributed by atoms with Gasteiger partial charge in [-0.05, 0) is 0 Å². The highest BCUT2D eigenvalue weighted by atomic mass is 16.5. The van der Waals surface area contributed by atoms with Gasteiger partial charge in [-0.3, -0.25) is 4.90 Å². The molecule has 0 amide bonds. The number of piperazine rings is 1. The number of hydrogen-bond donors (Lipinski definition) is 1. The van der Waals surface area contributed by atoms with Crippen molar-refractivity contribution in [1.82, 2.24) is 25.2 Å². The summed E-state index contributed by atoms with van der Waals surface area (Å²) in [7, 11) is 3.25. The van der Waals surface area contributed by atoms with E-state index in [9.17, 15) is 0 Å². The minimum Gasteiger partial charge on any atom is -0.493 e.